The fourth-order valence-corrected chi connectivity index (χ4v) is 3.07. The van der Waals surface area contributed by atoms with Crippen LogP contribution in [0.2, 0.25) is 0 Å². The molecule has 146 valence electrons. The van der Waals surface area contributed by atoms with E-state index in [-0.39, 0.29) is 5.56 Å². The molecule has 9 nitrogen and oxygen atoms in total. The zero-order valence-electron chi connectivity index (χ0n) is 14.7. The smallest absolute Gasteiger partial charge is 0.344 e. The minimum Gasteiger partial charge on any atom is -0.779 e. The molecule has 1 saturated heterocycles. The summed E-state index contributed by atoms with van der Waals surface area (Å²) in [5.41, 5.74) is 0.239. The third kappa shape index (κ3) is 5.57. The molecule has 0 aliphatic carbocycles. The van der Waals surface area contributed by atoms with E-state index in [4.69, 9.17) is 9.47 Å². The van der Waals surface area contributed by atoms with Crippen molar-refractivity contribution in [3.63, 3.8) is 0 Å². The summed E-state index contributed by atoms with van der Waals surface area (Å²) in [4.78, 5) is 23.3. The van der Waals surface area contributed by atoms with E-state index in [0.717, 1.165) is 25.9 Å². The van der Waals surface area contributed by atoms with E-state index in [0.29, 0.717) is 6.61 Å². The summed E-state index contributed by atoms with van der Waals surface area (Å²) >= 11 is 0. The Balaban J connectivity index is 2.07. The van der Waals surface area contributed by atoms with Crippen LogP contribution in [0.15, 0.2) is 24.5 Å². The molecule has 2 rings (SSSR count). The van der Waals surface area contributed by atoms with Gasteiger partial charge in [0.05, 0.1) is 6.61 Å². The van der Waals surface area contributed by atoms with Crippen LogP contribution >= 0.6 is 7.60 Å². The van der Waals surface area contributed by atoms with Crippen LogP contribution in [-0.2, 0) is 18.6 Å². The Hall–Kier alpha value is -1.35. The maximum Gasteiger partial charge on any atom is 0.344 e. The number of aromatic nitrogens is 1. The van der Waals surface area contributed by atoms with Gasteiger partial charge in [-0.25, -0.2) is 4.79 Å². The molecule has 2 N–H and O–H groups in total. The van der Waals surface area contributed by atoms with E-state index in [1.807, 2.05) is 6.92 Å². The topological polar surface area (TPSA) is 129 Å². The predicted octanol–water partition coefficient (Wildman–Crippen LogP) is 0.0976. The van der Waals surface area contributed by atoms with Crippen LogP contribution in [0.25, 0.3) is 0 Å². The Morgan fingerprint density at radius 3 is 2.77 bits per heavy atom. The molecule has 2 heterocycles. The number of nitrogens with zero attached hydrogens (tertiary/aromatic N) is 1. The van der Waals surface area contributed by atoms with Crippen LogP contribution in [0.5, 0.6) is 0 Å². The molecule has 1 aliphatic heterocycles. The number of unbranched alkanes of at least 4 members (excludes halogenated alkanes) is 2. The number of rotatable bonds is 8. The van der Waals surface area contributed by atoms with E-state index in [9.17, 15) is 24.5 Å². The zero-order valence-corrected chi connectivity index (χ0v) is 15.6. The fourth-order valence-electron chi connectivity index (χ4n) is 2.52. The first kappa shape index (κ1) is 21.0. The quantitative estimate of drug-likeness (QED) is 0.277. The lowest BCUT2D eigenvalue weighted by Gasteiger charge is -2.23. The standard InChI is InChI=1S/C16H24NO8P/c1-3-4-5-9-23-15(20)11-7-6-8-17(10-11)14-12(18)13(19)16(24-14)25-26(2,21)22/h6-8,10,12-14,16,18-19H,3-5,9H2,1-2H3/t12-,13+,14+,16+/m0/s1. The van der Waals surface area contributed by atoms with Gasteiger partial charge in [-0.3, -0.25) is 4.74 Å². The van der Waals surface area contributed by atoms with Gasteiger partial charge in [-0.2, -0.15) is 4.57 Å². The second-order valence-electron chi connectivity index (χ2n) is 6.14. The molecule has 1 aromatic rings. The van der Waals surface area contributed by atoms with Crippen molar-refractivity contribution in [3.8, 4) is 0 Å². The lowest BCUT2D eigenvalue weighted by molar-refractivity contribution is -0.767. The van der Waals surface area contributed by atoms with Gasteiger partial charge in [0.2, 0.25) is 0 Å². The first-order valence-electron chi connectivity index (χ1n) is 8.39. The average Bonchev–Trinajstić information content (AvgIpc) is 2.85. The van der Waals surface area contributed by atoms with Crippen LogP contribution in [0, 0.1) is 0 Å². The van der Waals surface area contributed by atoms with Crippen molar-refractivity contribution in [1.29, 1.82) is 0 Å². The molecule has 10 heteroatoms. The molecule has 0 radical (unpaired) electrons. The minimum atomic E-state index is -4.17. The summed E-state index contributed by atoms with van der Waals surface area (Å²) in [6.07, 6.45) is 0.0236. The first-order chi connectivity index (χ1) is 12.2. The molecule has 26 heavy (non-hydrogen) atoms. The number of hydrogen-bond donors (Lipinski definition) is 2. The predicted molar refractivity (Wildman–Crippen MR) is 87.0 cm³/mol. The molecule has 1 fully saturated rings. The lowest BCUT2D eigenvalue weighted by atomic mass is 10.2. The Morgan fingerprint density at radius 1 is 1.38 bits per heavy atom. The van der Waals surface area contributed by atoms with Crippen LogP contribution in [0.4, 0.5) is 0 Å². The molecule has 0 spiro atoms. The molecule has 0 aromatic carbocycles. The molecule has 1 unspecified atom stereocenters. The zero-order chi connectivity index (χ0) is 19.3. The van der Waals surface area contributed by atoms with Crippen LogP contribution in [-0.4, -0.2) is 48.0 Å². The lowest BCUT2D eigenvalue weighted by Crippen LogP contribution is -2.46. The number of carbonyl (C=O) groups excluding carboxylic acids is 1. The maximum atomic E-state index is 12.1. The molecular formula is C16H24NO8P. The van der Waals surface area contributed by atoms with Gasteiger partial charge in [-0.05, 0) is 12.5 Å². The van der Waals surface area contributed by atoms with Gasteiger partial charge in [-0.15, -0.1) is 0 Å². The highest BCUT2D eigenvalue weighted by atomic mass is 31.2. The third-order valence-electron chi connectivity index (χ3n) is 3.82. The first-order valence-corrected chi connectivity index (χ1v) is 10.4. The second kappa shape index (κ2) is 9.03. The van der Waals surface area contributed by atoms with E-state index in [1.54, 1.807) is 12.1 Å². The largest absolute Gasteiger partial charge is 0.779 e. The Kier molecular flexibility index (Phi) is 7.28. The number of esters is 1. The summed E-state index contributed by atoms with van der Waals surface area (Å²) in [6, 6.07) is 3.10. The van der Waals surface area contributed by atoms with Crippen molar-refractivity contribution in [3.05, 3.63) is 30.1 Å². The summed E-state index contributed by atoms with van der Waals surface area (Å²) in [6.45, 7) is 3.20. The van der Waals surface area contributed by atoms with E-state index >= 15 is 0 Å². The highest BCUT2D eigenvalue weighted by Gasteiger charge is 2.49. The van der Waals surface area contributed by atoms with Crippen molar-refractivity contribution in [2.75, 3.05) is 13.3 Å². The summed E-state index contributed by atoms with van der Waals surface area (Å²) in [7, 11) is -4.17. The monoisotopic (exact) mass is 389 g/mol. The van der Waals surface area contributed by atoms with Crippen LogP contribution < -0.4 is 9.46 Å². The van der Waals surface area contributed by atoms with E-state index in [1.165, 1.54) is 17.0 Å². The number of hydrogen-bond acceptors (Lipinski definition) is 8. The number of ether oxygens (including phenoxy) is 2. The number of aliphatic hydroxyl groups excluding tert-OH is 2. The summed E-state index contributed by atoms with van der Waals surface area (Å²) in [5.74, 6) is -0.520. The molecule has 0 bridgehead atoms. The molecule has 1 aromatic heterocycles. The van der Waals surface area contributed by atoms with Crippen LogP contribution in [0.1, 0.15) is 42.8 Å². The van der Waals surface area contributed by atoms with Gasteiger partial charge in [-0.1, -0.05) is 19.8 Å². The fraction of sp³-hybridized carbons (Fsp3) is 0.625. The average molecular weight is 389 g/mol. The van der Waals surface area contributed by atoms with Crippen LogP contribution in [0.3, 0.4) is 0 Å². The molecule has 0 amide bonds. The van der Waals surface area contributed by atoms with Gasteiger partial charge in [0.15, 0.2) is 24.8 Å². The van der Waals surface area contributed by atoms with Crippen molar-refractivity contribution >= 4 is 13.6 Å². The number of carbonyl (C=O) groups is 1. The van der Waals surface area contributed by atoms with E-state index in [2.05, 4.69) is 4.52 Å². The van der Waals surface area contributed by atoms with E-state index < -0.39 is 38.3 Å². The molecule has 1 aliphatic rings. The second-order valence-corrected chi connectivity index (χ2v) is 7.89. The highest BCUT2D eigenvalue weighted by molar-refractivity contribution is 7.50. The van der Waals surface area contributed by atoms with Gasteiger partial charge >= 0.3 is 5.97 Å². The van der Waals surface area contributed by atoms with Crippen molar-refractivity contribution in [2.45, 2.75) is 50.9 Å². The molecular weight excluding hydrogens is 365 g/mol. The molecule has 5 atom stereocenters. The van der Waals surface area contributed by atoms with Gasteiger partial charge in [0.1, 0.15) is 19.3 Å². The van der Waals surface area contributed by atoms with Gasteiger partial charge < -0.3 is 28.9 Å². The van der Waals surface area contributed by atoms with Gasteiger partial charge in [0.25, 0.3) is 6.23 Å². The Bertz CT molecular complexity index is 663. The molecule has 0 saturated carbocycles. The van der Waals surface area contributed by atoms with Crippen molar-refractivity contribution in [2.24, 2.45) is 0 Å². The maximum absolute atomic E-state index is 12.1. The van der Waals surface area contributed by atoms with Crippen molar-refractivity contribution < 1.29 is 43.0 Å². The highest BCUT2D eigenvalue weighted by Crippen LogP contribution is 2.38. The SMILES string of the molecule is CCCCCOC(=O)c1ccc[n+]([C@@H]2O[C@H](OP(C)(=O)[O-])[C@H](O)[C@@H]2O)c1. The number of aliphatic hydroxyl groups is 2. The van der Waals surface area contributed by atoms with Gasteiger partial charge in [0, 0.05) is 12.7 Å². The normalized spacial score (nSPS) is 27.9. The minimum absolute atomic E-state index is 0.239. The Labute approximate surface area is 151 Å². The summed E-state index contributed by atoms with van der Waals surface area (Å²) in [5, 5.41) is 20.1. The third-order valence-corrected chi connectivity index (χ3v) is 4.41. The summed E-state index contributed by atoms with van der Waals surface area (Å²) < 4.78 is 27.7. The van der Waals surface area contributed by atoms with Crippen molar-refractivity contribution in [1.82, 2.24) is 0 Å². The Morgan fingerprint density at radius 2 is 2.12 bits per heavy atom. The number of pyridine rings is 1.